The average molecular weight is 209 g/mol. The van der Waals surface area contributed by atoms with E-state index in [1.165, 1.54) is 6.33 Å². The van der Waals surface area contributed by atoms with Crippen LogP contribution in [0.5, 0.6) is 0 Å². The molecule has 15 heavy (non-hydrogen) atoms. The van der Waals surface area contributed by atoms with E-state index in [4.69, 9.17) is 10.9 Å². The molecule has 0 spiro atoms. The molecular weight excluding hydrogens is 194 g/mol. The first-order valence-electron chi connectivity index (χ1n) is 4.59. The Hall–Kier alpha value is -1.85. The third kappa shape index (κ3) is 3.08. The molecule has 82 valence electrons. The Morgan fingerprint density at radius 2 is 2.47 bits per heavy atom. The number of nitrogens with zero attached hydrogens (tertiary/aromatic N) is 4. The number of nitrogens with two attached hydrogens (primary N) is 1. The van der Waals surface area contributed by atoms with E-state index in [1.54, 1.807) is 12.3 Å². The van der Waals surface area contributed by atoms with E-state index >= 15 is 0 Å². The molecule has 6 nitrogen and oxygen atoms in total. The van der Waals surface area contributed by atoms with Crippen LogP contribution >= 0.6 is 0 Å². The lowest BCUT2D eigenvalue weighted by Crippen LogP contribution is -2.33. The summed E-state index contributed by atoms with van der Waals surface area (Å²) >= 11 is 0. The third-order valence-corrected chi connectivity index (χ3v) is 2.13. The van der Waals surface area contributed by atoms with Gasteiger partial charge in [-0.2, -0.15) is 0 Å². The zero-order chi connectivity index (χ0) is 11.3. The maximum absolute atomic E-state index is 8.51. The number of oxime groups is 1. The summed E-state index contributed by atoms with van der Waals surface area (Å²) in [7, 11) is 1.89. The molecule has 0 saturated heterocycles. The van der Waals surface area contributed by atoms with Crippen LogP contribution in [0.3, 0.4) is 0 Å². The predicted molar refractivity (Wildman–Crippen MR) is 57.9 cm³/mol. The van der Waals surface area contributed by atoms with E-state index in [9.17, 15) is 0 Å². The zero-order valence-electron chi connectivity index (χ0n) is 8.83. The van der Waals surface area contributed by atoms with Crippen LogP contribution in [0, 0.1) is 5.92 Å². The van der Waals surface area contributed by atoms with E-state index in [-0.39, 0.29) is 11.8 Å². The first-order valence-corrected chi connectivity index (χ1v) is 4.59. The molecule has 3 N–H and O–H groups in total. The highest BCUT2D eigenvalue weighted by Gasteiger charge is 2.11. The highest BCUT2D eigenvalue weighted by atomic mass is 16.4. The first-order chi connectivity index (χ1) is 7.15. The fourth-order valence-electron chi connectivity index (χ4n) is 1.21. The highest BCUT2D eigenvalue weighted by Crippen LogP contribution is 2.08. The average Bonchev–Trinajstić information content (AvgIpc) is 2.29. The van der Waals surface area contributed by atoms with Crippen molar-refractivity contribution in [1.82, 2.24) is 9.97 Å². The van der Waals surface area contributed by atoms with Crippen molar-refractivity contribution >= 4 is 11.7 Å². The van der Waals surface area contributed by atoms with Crippen LogP contribution in [0.2, 0.25) is 0 Å². The lowest BCUT2D eigenvalue weighted by molar-refractivity contribution is 0.314. The number of anilines is 1. The second-order valence-corrected chi connectivity index (χ2v) is 3.37. The van der Waals surface area contributed by atoms with Crippen molar-refractivity contribution < 1.29 is 5.21 Å². The lowest BCUT2D eigenvalue weighted by atomic mass is 10.1. The van der Waals surface area contributed by atoms with Gasteiger partial charge in [0.2, 0.25) is 0 Å². The van der Waals surface area contributed by atoms with Gasteiger partial charge in [-0.3, -0.25) is 0 Å². The van der Waals surface area contributed by atoms with Gasteiger partial charge in [0.25, 0.3) is 0 Å². The highest BCUT2D eigenvalue weighted by molar-refractivity contribution is 5.82. The van der Waals surface area contributed by atoms with Crippen LogP contribution in [0.25, 0.3) is 0 Å². The Bertz CT molecular complexity index is 327. The quantitative estimate of drug-likeness (QED) is 0.322. The van der Waals surface area contributed by atoms with E-state index < -0.39 is 0 Å². The van der Waals surface area contributed by atoms with E-state index in [1.807, 2.05) is 18.9 Å². The van der Waals surface area contributed by atoms with E-state index in [0.717, 1.165) is 5.82 Å². The van der Waals surface area contributed by atoms with Crippen LogP contribution in [0.4, 0.5) is 5.82 Å². The van der Waals surface area contributed by atoms with Gasteiger partial charge in [0.15, 0.2) is 0 Å². The monoisotopic (exact) mass is 209 g/mol. The van der Waals surface area contributed by atoms with Crippen molar-refractivity contribution in [3.05, 3.63) is 18.6 Å². The molecule has 1 heterocycles. The van der Waals surface area contributed by atoms with Crippen LogP contribution in [0.1, 0.15) is 6.92 Å². The molecule has 0 saturated carbocycles. The van der Waals surface area contributed by atoms with Gasteiger partial charge >= 0.3 is 0 Å². The minimum Gasteiger partial charge on any atom is -0.409 e. The number of aromatic nitrogens is 2. The Morgan fingerprint density at radius 3 is 3.00 bits per heavy atom. The van der Waals surface area contributed by atoms with Crippen molar-refractivity contribution in [2.45, 2.75) is 6.92 Å². The maximum atomic E-state index is 8.51. The van der Waals surface area contributed by atoms with Crippen LogP contribution in [-0.4, -0.2) is 34.6 Å². The fraction of sp³-hybridized carbons (Fsp3) is 0.444. The molecule has 0 bridgehead atoms. The van der Waals surface area contributed by atoms with E-state index in [2.05, 4.69) is 15.1 Å². The summed E-state index contributed by atoms with van der Waals surface area (Å²) in [5.74, 6) is 0.994. The Morgan fingerprint density at radius 1 is 1.73 bits per heavy atom. The summed E-state index contributed by atoms with van der Waals surface area (Å²) in [6.45, 7) is 2.51. The smallest absolute Gasteiger partial charge is 0.143 e. The molecule has 1 aromatic rings. The van der Waals surface area contributed by atoms with Crippen molar-refractivity contribution in [1.29, 1.82) is 0 Å². The Labute approximate surface area is 88.4 Å². The minimum atomic E-state index is -0.0324. The molecule has 1 atom stereocenters. The standard InChI is InChI=1S/C9H15N5O/c1-7(9(10)13-15)5-14(2)8-3-4-11-6-12-8/h3-4,6-7,15H,5H2,1-2H3,(H2,10,13). The number of hydrogen-bond donors (Lipinski definition) is 2. The normalized spacial score (nSPS) is 13.6. The van der Waals surface area contributed by atoms with Gasteiger partial charge in [-0.05, 0) is 6.07 Å². The molecule has 0 aliphatic carbocycles. The van der Waals surface area contributed by atoms with Crippen molar-refractivity contribution in [2.24, 2.45) is 16.8 Å². The number of rotatable bonds is 4. The zero-order valence-corrected chi connectivity index (χ0v) is 8.83. The third-order valence-electron chi connectivity index (χ3n) is 2.13. The Balaban J connectivity index is 2.60. The summed E-state index contributed by atoms with van der Waals surface area (Å²) in [4.78, 5) is 9.84. The van der Waals surface area contributed by atoms with Crippen LogP contribution in [-0.2, 0) is 0 Å². The number of hydrogen-bond acceptors (Lipinski definition) is 5. The van der Waals surface area contributed by atoms with E-state index in [0.29, 0.717) is 6.54 Å². The molecule has 0 aromatic carbocycles. The van der Waals surface area contributed by atoms with Crippen LogP contribution < -0.4 is 10.6 Å². The van der Waals surface area contributed by atoms with Gasteiger partial charge in [0.1, 0.15) is 18.0 Å². The molecule has 6 heteroatoms. The molecule has 0 aliphatic heterocycles. The second-order valence-electron chi connectivity index (χ2n) is 3.37. The minimum absolute atomic E-state index is 0.0324. The van der Waals surface area contributed by atoms with Gasteiger partial charge in [-0.1, -0.05) is 12.1 Å². The molecule has 0 amide bonds. The SMILES string of the molecule is CC(CN(C)c1ccncn1)C(N)=NO. The van der Waals surface area contributed by atoms with Gasteiger partial charge in [0, 0.05) is 25.7 Å². The van der Waals surface area contributed by atoms with Crippen molar-refractivity contribution in [3.63, 3.8) is 0 Å². The largest absolute Gasteiger partial charge is 0.409 e. The molecule has 0 aliphatic rings. The molecule has 1 aromatic heterocycles. The Kier molecular flexibility index (Phi) is 3.84. The molecular formula is C9H15N5O. The van der Waals surface area contributed by atoms with Crippen molar-refractivity contribution in [2.75, 3.05) is 18.5 Å². The molecule has 1 rings (SSSR count). The summed E-state index contributed by atoms with van der Waals surface area (Å²) in [6, 6.07) is 1.80. The topological polar surface area (TPSA) is 87.6 Å². The van der Waals surface area contributed by atoms with Crippen molar-refractivity contribution in [3.8, 4) is 0 Å². The molecule has 1 unspecified atom stereocenters. The van der Waals surface area contributed by atoms with Gasteiger partial charge < -0.3 is 15.8 Å². The summed E-state index contributed by atoms with van der Waals surface area (Å²) < 4.78 is 0. The van der Waals surface area contributed by atoms with Gasteiger partial charge in [-0.25, -0.2) is 9.97 Å². The fourth-order valence-corrected chi connectivity index (χ4v) is 1.21. The second kappa shape index (κ2) is 5.14. The molecule has 0 fully saturated rings. The van der Waals surface area contributed by atoms with Crippen LogP contribution in [0.15, 0.2) is 23.7 Å². The summed E-state index contributed by atoms with van der Waals surface area (Å²) in [5.41, 5.74) is 5.48. The molecule has 0 radical (unpaired) electrons. The van der Waals surface area contributed by atoms with Gasteiger partial charge in [-0.15, -0.1) is 0 Å². The predicted octanol–water partition coefficient (Wildman–Crippen LogP) is 0.295. The summed E-state index contributed by atoms with van der Waals surface area (Å²) in [6.07, 6.45) is 3.16. The summed E-state index contributed by atoms with van der Waals surface area (Å²) in [5, 5.41) is 11.5. The maximum Gasteiger partial charge on any atom is 0.143 e. The first kappa shape index (κ1) is 11.2. The number of amidine groups is 1. The van der Waals surface area contributed by atoms with Gasteiger partial charge in [0.05, 0.1) is 0 Å². The lowest BCUT2D eigenvalue weighted by Gasteiger charge is -2.21.